The van der Waals surface area contributed by atoms with Gasteiger partial charge in [0.2, 0.25) is 11.8 Å². The number of carbonyl (C=O) groups is 2. The van der Waals surface area contributed by atoms with Gasteiger partial charge in [0, 0.05) is 37.5 Å². The molecule has 2 amide bonds. The van der Waals surface area contributed by atoms with Crippen molar-refractivity contribution in [3.8, 4) is 0 Å². The van der Waals surface area contributed by atoms with Gasteiger partial charge in [-0.15, -0.1) is 0 Å². The standard InChI is InChI=1S/C27H34F2N2O2/c1-26-14-12-18-16(8-11-22-27(18,2)15-13-23(32)30(22)3)17(26)9-10-19(26)25(33)31(4)24-20(28)6-5-7-21(24)29/h5-7,11,16-19H,8-10,12-15H2,1-4H3/t16-,17-,18-,19+,26-,27+/m0/s1. The van der Waals surface area contributed by atoms with E-state index in [4.69, 9.17) is 0 Å². The lowest BCUT2D eigenvalue weighted by Gasteiger charge is -2.58. The quantitative estimate of drug-likeness (QED) is 0.587. The summed E-state index contributed by atoms with van der Waals surface area (Å²) >= 11 is 0. The molecule has 4 aliphatic rings. The number of amides is 2. The molecule has 0 bridgehead atoms. The number of benzene rings is 1. The molecule has 0 radical (unpaired) electrons. The number of hydrogen-bond acceptors (Lipinski definition) is 2. The van der Waals surface area contributed by atoms with Crippen LogP contribution >= 0.6 is 0 Å². The number of allylic oxidation sites excluding steroid dienone is 2. The van der Waals surface area contributed by atoms with E-state index >= 15 is 0 Å². The second kappa shape index (κ2) is 7.64. The maximum atomic E-state index is 14.4. The van der Waals surface area contributed by atoms with Crippen molar-refractivity contribution >= 4 is 17.5 Å². The topological polar surface area (TPSA) is 40.6 Å². The molecule has 1 heterocycles. The molecule has 33 heavy (non-hydrogen) atoms. The summed E-state index contributed by atoms with van der Waals surface area (Å²) in [5.41, 5.74) is 0.758. The smallest absolute Gasteiger partial charge is 0.230 e. The first-order valence-electron chi connectivity index (χ1n) is 12.3. The molecule has 0 spiro atoms. The predicted molar refractivity (Wildman–Crippen MR) is 123 cm³/mol. The fourth-order valence-electron chi connectivity index (χ4n) is 8.14. The summed E-state index contributed by atoms with van der Waals surface area (Å²) in [7, 11) is 3.40. The summed E-state index contributed by atoms with van der Waals surface area (Å²) in [6, 6.07) is 3.72. The third kappa shape index (κ3) is 3.12. The van der Waals surface area contributed by atoms with Gasteiger partial charge >= 0.3 is 0 Å². The van der Waals surface area contributed by atoms with E-state index in [1.165, 1.54) is 35.8 Å². The van der Waals surface area contributed by atoms with Gasteiger partial charge in [-0.05, 0) is 73.8 Å². The summed E-state index contributed by atoms with van der Waals surface area (Å²) in [4.78, 5) is 29.0. The maximum Gasteiger partial charge on any atom is 0.230 e. The van der Waals surface area contributed by atoms with Crippen molar-refractivity contribution in [2.24, 2.45) is 34.5 Å². The third-order valence-corrected chi connectivity index (χ3v) is 9.92. The zero-order valence-corrected chi connectivity index (χ0v) is 20.0. The molecule has 3 aliphatic carbocycles. The monoisotopic (exact) mass is 456 g/mol. The molecule has 2 saturated carbocycles. The normalized spacial score (nSPS) is 37.7. The Labute approximate surface area is 195 Å². The highest BCUT2D eigenvalue weighted by Gasteiger charge is 2.61. The number of fused-ring (bicyclic) bond motifs is 5. The fraction of sp³-hybridized carbons (Fsp3) is 0.630. The van der Waals surface area contributed by atoms with Gasteiger partial charge in [-0.25, -0.2) is 8.78 Å². The number of nitrogens with zero attached hydrogens (tertiary/aromatic N) is 2. The maximum absolute atomic E-state index is 14.4. The molecule has 0 aromatic heterocycles. The number of carbonyl (C=O) groups excluding carboxylic acids is 2. The molecule has 1 aromatic carbocycles. The number of piperidine rings is 1. The summed E-state index contributed by atoms with van der Waals surface area (Å²) in [6.45, 7) is 4.56. The second-order valence-corrected chi connectivity index (χ2v) is 11.2. The lowest BCUT2D eigenvalue weighted by molar-refractivity contribution is -0.137. The van der Waals surface area contributed by atoms with Gasteiger partial charge in [0.05, 0.1) is 0 Å². The van der Waals surface area contributed by atoms with E-state index in [0.717, 1.165) is 38.5 Å². The molecule has 6 atom stereocenters. The van der Waals surface area contributed by atoms with Gasteiger partial charge in [-0.1, -0.05) is 26.0 Å². The van der Waals surface area contributed by atoms with Crippen LogP contribution in [0.1, 0.15) is 58.8 Å². The van der Waals surface area contributed by atoms with Crippen LogP contribution in [0.5, 0.6) is 0 Å². The van der Waals surface area contributed by atoms with Crippen LogP contribution < -0.4 is 4.90 Å². The van der Waals surface area contributed by atoms with Crippen molar-refractivity contribution in [2.75, 3.05) is 19.0 Å². The molecular weight excluding hydrogens is 422 g/mol. The molecule has 5 rings (SSSR count). The molecule has 1 saturated heterocycles. The Bertz CT molecular complexity index is 1020. The van der Waals surface area contributed by atoms with E-state index in [1.54, 1.807) is 0 Å². The van der Waals surface area contributed by atoms with Crippen LogP contribution in [0.4, 0.5) is 14.5 Å². The van der Waals surface area contributed by atoms with Crippen molar-refractivity contribution in [3.63, 3.8) is 0 Å². The van der Waals surface area contributed by atoms with E-state index in [0.29, 0.717) is 24.2 Å². The molecule has 0 N–H and O–H groups in total. The first-order valence-corrected chi connectivity index (χ1v) is 12.3. The summed E-state index contributed by atoms with van der Waals surface area (Å²) < 4.78 is 28.8. The first-order chi connectivity index (χ1) is 15.6. The number of halogens is 2. The Balaban J connectivity index is 1.43. The van der Waals surface area contributed by atoms with Gasteiger partial charge in [0.25, 0.3) is 0 Å². The molecular formula is C27H34F2N2O2. The van der Waals surface area contributed by atoms with Crippen molar-refractivity contribution in [1.29, 1.82) is 0 Å². The Morgan fingerprint density at radius 3 is 2.48 bits per heavy atom. The lowest BCUT2D eigenvalue weighted by atomic mass is 9.49. The Morgan fingerprint density at radius 2 is 1.79 bits per heavy atom. The number of likely N-dealkylation sites (tertiary alicyclic amines) is 1. The average Bonchev–Trinajstić information content (AvgIpc) is 3.13. The Morgan fingerprint density at radius 1 is 1.09 bits per heavy atom. The third-order valence-electron chi connectivity index (χ3n) is 9.92. The van der Waals surface area contributed by atoms with Crippen molar-refractivity contribution < 1.29 is 18.4 Å². The molecule has 3 fully saturated rings. The lowest BCUT2D eigenvalue weighted by Crippen LogP contribution is -2.54. The van der Waals surface area contributed by atoms with Crippen molar-refractivity contribution in [2.45, 2.75) is 58.8 Å². The molecule has 4 nitrogen and oxygen atoms in total. The molecule has 1 aromatic rings. The summed E-state index contributed by atoms with van der Waals surface area (Å²) in [6.07, 6.45) is 8.38. The second-order valence-electron chi connectivity index (χ2n) is 11.2. The largest absolute Gasteiger partial charge is 0.319 e. The van der Waals surface area contributed by atoms with Gasteiger partial charge in [0.15, 0.2) is 0 Å². The number of hydrogen-bond donors (Lipinski definition) is 0. The minimum Gasteiger partial charge on any atom is -0.319 e. The van der Waals surface area contributed by atoms with E-state index in [9.17, 15) is 18.4 Å². The molecule has 6 heteroatoms. The first kappa shape index (κ1) is 22.5. The number of para-hydroxylation sites is 1. The van der Waals surface area contributed by atoms with E-state index in [1.807, 2.05) is 11.9 Å². The minimum atomic E-state index is -0.705. The highest BCUT2D eigenvalue weighted by molar-refractivity contribution is 5.95. The minimum absolute atomic E-state index is 0.00207. The van der Waals surface area contributed by atoms with Crippen LogP contribution in [0.3, 0.4) is 0 Å². The number of rotatable bonds is 2. The highest BCUT2D eigenvalue weighted by atomic mass is 19.1. The van der Waals surface area contributed by atoms with Gasteiger partial charge in [-0.3, -0.25) is 9.59 Å². The number of anilines is 1. The summed E-state index contributed by atoms with van der Waals surface area (Å²) in [5.74, 6) is -0.236. The molecule has 1 aliphatic heterocycles. The van der Waals surface area contributed by atoms with Crippen LogP contribution in [0.15, 0.2) is 30.0 Å². The fourth-order valence-corrected chi connectivity index (χ4v) is 8.14. The van der Waals surface area contributed by atoms with Gasteiger partial charge < -0.3 is 9.80 Å². The SMILES string of the molecule is CN1C(=O)CC[C@@]2(C)C1=CC[C@H]1[C@@H]3CC[C@H](C(=O)N(C)c4c(F)cccc4F)[C@@]3(C)CC[C@@H]12. The van der Waals surface area contributed by atoms with Crippen LogP contribution in [-0.4, -0.2) is 30.8 Å². The molecule has 178 valence electrons. The summed E-state index contributed by atoms with van der Waals surface area (Å²) in [5, 5.41) is 0. The zero-order valence-electron chi connectivity index (χ0n) is 20.0. The highest BCUT2D eigenvalue weighted by Crippen LogP contribution is 2.66. The van der Waals surface area contributed by atoms with Gasteiger partial charge in [0.1, 0.15) is 17.3 Å². The van der Waals surface area contributed by atoms with Crippen molar-refractivity contribution in [3.05, 3.63) is 41.6 Å². The van der Waals surface area contributed by atoms with Crippen LogP contribution in [0, 0.1) is 46.1 Å². The van der Waals surface area contributed by atoms with E-state index in [-0.39, 0.29) is 34.2 Å². The van der Waals surface area contributed by atoms with E-state index in [2.05, 4.69) is 19.9 Å². The van der Waals surface area contributed by atoms with Crippen LogP contribution in [0.2, 0.25) is 0 Å². The van der Waals surface area contributed by atoms with Crippen LogP contribution in [-0.2, 0) is 9.59 Å². The van der Waals surface area contributed by atoms with Crippen molar-refractivity contribution in [1.82, 2.24) is 4.90 Å². The van der Waals surface area contributed by atoms with Gasteiger partial charge in [-0.2, -0.15) is 0 Å². The Kier molecular flexibility index (Phi) is 5.22. The average molecular weight is 457 g/mol. The molecule has 0 unspecified atom stereocenters. The predicted octanol–water partition coefficient (Wildman–Crippen LogP) is 5.53. The zero-order chi connectivity index (χ0) is 23.7. The van der Waals surface area contributed by atoms with E-state index < -0.39 is 11.6 Å². The Hall–Kier alpha value is -2.24. The van der Waals surface area contributed by atoms with Crippen LogP contribution in [0.25, 0.3) is 0 Å².